The van der Waals surface area contributed by atoms with Crippen molar-refractivity contribution in [2.45, 2.75) is 6.61 Å². The first-order valence-corrected chi connectivity index (χ1v) is 19.4. The molecule has 8 nitrogen and oxygen atoms in total. The number of benzene rings is 1. The molecule has 0 aliphatic rings. The summed E-state index contributed by atoms with van der Waals surface area (Å²) in [6, 6.07) is 9.29. The van der Waals surface area contributed by atoms with E-state index < -0.39 is 55.2 Å². The molecule has 0 aliphatic heterocycles. The molecule has 0 radical (unpaired) electrons. The summed E-state index contributed by atoms with van der Waals surface area (Å²) in [5, 5.41) is 2.90. The van der Waals surface area contributed by atoms with Crippen molar-refractivity contribution in [3.8, 4) is 0 Å². The summed E-state index contributed by atoms with van der Waals surface area (Å²) in [6.45, 7) is 0.141. The summed E-state index contributed by atoms with van der Waals surface area (Å²) >= 11 is -3.25. The molecule has 1 aromatic carbocycles. The van der Waals surface area contributed by atoms with Gasteiger partial charge >= 0.3 is 180 Å². The number of aromatic nitrogens is 1. The monoisotopic (exact) mass is 754 g/mol. The number of rotatable bonds is 7. The van der Waals surface area contributed by atoms with E-state index in [0.717, 1.165) is 7.95 Å². The number of amides is 1. The SMILES string of the molecule is CO[C](=O)[Hg][c]1nc(NC(=O)OCc2ccccc2)s[c]1[Hg][C](=O)OC. The van der Waals surface area contributed by atoms with Crippen LogP contribution in [0.2, 0.25) is 0 Å². The van der Waals surface area contributed by atoms with Crippen molar-refractivity contribution in [1.82, 2.24) is 4.98 Å². The molecule has 0 bridgehead atoms. The quantitative estimate of drug-likeness (QED) is 0.341. The Hall–Kier alpha value is -1.07. The molecule has 0 aliphatic carbocycles. The summed E-state index contributed by atoms with van der Waals surface area (Å²) in [6.07, 6.45) is -0.634. The van der Waals surface area contributed by atoms with Gasteiger partial charge in [0, 0.05) is 0 Å². The van der Waals surface area contributed by atoms with Crippen LogP contribution in [-0.2, 0) is 70.0 Å². The predicted octanol–water partition coefficient (Wildman–Crippen LogP) is 1.84. The molecule has 0 spiro atoms. The fraction of sp³-hybridized carbons (Fsp3) is 0.200. The van der Waals surface area contributed by atoms with E-state index in [1.165, 1.54) is 25.6 Å². The van der Waals surface area contributed by atoms with E-state index in [1.54, 1.807) is 0 Å². The van der Waals surface area contributed by atoms with Gasteiger partial charge in [-0.05, 0) is 0 Å². The normalized spacial score (nSPS) is 9.46. The van der Waals surface area contributed by atoms with Gasteiger partial charge in [0.25, 0.3) is 0 Å². The Bertz CT molecular complexity index is 748. The van der Waals surface area contributed by atoms with Gasteiger partial charge in [-0.2, -0.15) is 0 Å². The molecule has 11 heteroatoms. The number of thiazole rings is 1. The van der Waals surface area contributed by atoms with Crippen LogP contribution >= 0.6 is 11.3 Å². The van der Waals surface area contributed by atoms with E-state index in [4.69, 9.17) is 14.2 Å². The number of methoxy groups -OCH3 is 2. The fourth-order valence-corrected chi connectivity index (χ4v) is 22.6. The molecule has 2 rings (SSSR count). The summed E-state index contributed by atoms with van der Waals surface area (Å²) in [4.78, 5) is 39.5. The average molecular weight is 752 g/mol. The van der Waals surface area contributed by atoms with Crippen LogP contribution in [0.5, 0.6) is 0 Å². The van der Waals surface area contributed by atoms with Gasteiger partial charge in [0.1, 0.15) is 0 Å². The van der Waals surface area contributed by atoms with E-state index in [1.807, 2.05) is 30.3 Å². The zero-order valence-corrected chi connectivity index (χ0v) is 26.1. The second kappa shape index (κ2) is 10.9. The van der Waals surface area contributed by atoms with Crippen LogP contribution in [0.3, 0.4) is 0 Å². The number of carbonyl (C=O) groups is 3. The maximum absolute atomic E-state index is 11.9. The van der Waals surface area contributed by atoms with E-state index in [-0.39, 0.29) is 13.6 Å². The second-order valence-electron chi connectivity index (χ2n) is 5.08. The first-order chi connectivity index (χ1) is 12.5. The van der Waals surface area contributed by atoms with Crippen molar-refractivity contribution in [2.75, 3.05) is 19.5 Å². The van der Waals surface area contributed by atoms with Crippen molar-refractivity contribution in [2.24, 2.45) is 0 Å². The molecule has 2 aromatic rings. The Balaban J connectivity index is 2.02. The predicted molar refractivity (Wildman–Crippen MR) is 86.4 cm³/mol. The first-order valence-electron chi connectivity index (χ1n) is 7.61. The molecule has 0 saturated carbocycles. The summed E-state index contributed by atoms with van der Waals surface area (Å²) in [5.41, 5.74) is 0.869. The first kappa shape index (κ1) is 21.2. The van der Waals surface area contributed by atoms with Gasteiger partial charge in [-0.15, -0.1) is 0 Å². The van der Waals surface area contributed by atoms with Crippen molar-refractivity contribution in [3.05, 3.63) is 35.9 Å². The number of nitrogens with zero attached hydrogens (tertiary/aromatic N) is 1. The number of hydrogen-bond donors (Lipinski definition) is 1. The molecule has 0 saturated heterocycles. The Labute approximate surface area is 178 Å². The molecule has 0 atom stereocenters. The molecule has 1 amide bonds. The van der Waals surface area contributed by atoms with Crippen molar-refractivity contribution >= 4 is 35.1 Å². The Morgan fingerprint density at radius 3 is 2.38 bits per heavy atom. The maximum atomic E-state index is 11.9. The fourth-order valence-electron chi connectivity index (χ4n) is 1.97. The minimum atomic E-state index is -2.27. The van der Waals surface area contributed by atoms with Gasteiger partial charge in [0.2, 0.25) is 0 Å². The summed E-state index contributed by atoms with van der Waals surface area (Å²) in [5.74, 6) is 0. The third kappa shape index (κ3) is 6.92. The molecule has 1 N–H and O–H groups in total. The second-order valence-corrected chi connectivity index (χ2v) is 20.7. The van der Waals surface area contributed by atoms with Crippen LogP contribution in [-0.4, -0.2) is 32.3 Å². The molecule has 0 unspecified atom stereocenters. The summed E-state index contributed by atoms with van der Waals surface area (Å²) in [7, 11) is 2.67. The van der Waals surface area contributed by atoms with Crippen LogP contribution < -0.4 is 10.9 Å². The number of ether oxygens (including phenoxy) is 3. The summed E-state index contributed by atoms with van der Waals surface area (Å²) < 4.78 is 15.7. The van der Waals surface area contributed by atoms with Crippen LogP contribution in [0.15, 0.2) is 30.3 Å². The van der Waals surface area contributed by atoms with E-state index >= 15 is 0 Å². The van der Waals surface area contributed by atoms with Crippen molar-refractivity contribution < 1.29 is 77.7 Å². The zero-order valence-electron chi connectivity index (χ0n) is 14.3. The molecule has 130 valence electrons. The number of carbonyl (C=O) groups excluding carboxylic acids is 3. The van der Waals surface area contributed by atoms with Crippen LogP contribution in [0.1, 0.15) is 5.56 Å². The molecule has 1 heterocycles. The van der Waals surface area contributed by atoms with Crippen LogP contribution in [0.25, 0.3) is 0 Å². The van der Waals surface area contributed by atoms with E-state index in [0.29, 0.717) is 8.33 Å². The van der Waals surface area contributed by atoms with Gasteiger partial charge in [-0.25, -0.2) is 0 Å². The van der Waals surface area contributed by atoms with Crippen LogP contribution in [0.4, 0.5) is 19.5 Å². The topological polar surface area (TPSA) is 104 Å². The van der Waals surface area contributed by atoms with Crippen molar-refractivity contribution in [1.29, 1.82) is 0 Å². The molecule has 1 aromatic heterocycles. The number of hydrogen-bond acceptors (Lipinski definition) is 8. The minimum absolute atomic E-state index is 0.141. The third-order valence-electron chi connectivity index (χ3n) is 3.27. The molecular weight excluding hydrogens is 737 g/mol. The van der Waals surface area contributed by atoms with Crippen molar-refractivity contribution in [3.63, 3.8) is 0 Å². The van der Waals surface area contributed by atoms with Gasteiger partial charge < -0.3 is 0 Å². The number of anilines is 1. The Kier molecular flexibility index (Phi) is 8.93. The zero-order chi connectivity index (χ0) is 18.9. The Morgan fingerprint density at radius 1 is 1.08 bits per heavy atom. The third-order valence-corrected chi connectivity index (χ3v) is 26.5. The van der Waals surface area contributed by atoms with Gasteiger partial charge in [-0.1, -0.05) is 0 Å². The van der Waals surface area contributed by atoms with Crippen LogP contribution in [0, 0.1) is 0 Å². The molecule has 26 heavy (non-hydrogen) atoms. The van der Waals surface area contributed by atoms with E-state index in [9.17, 15) is 14.4 Å². The average Bonchev–Trinajstić information content (AvgIpc) is 3.01. The standard InChI is InChI=1S/C11H8N2O2S.2C2H3O2.2Hg/c14-11(13-10-12-6-7-16-10)15-8-9-4-2-1-3-5-9;2*1-4-2-3;;/h1-5H,8H2,(H,12,13,14);2*1H3;;. The van der Waals surface area contributed by atoms with Gasteiger partial charge in [0.15, 0.2) is 0 Å². The van der Waals surface area contributed by atoms with E-state index in [2.05, 4.69) is 10.3 Å². The molecule has 0 fully saturated rings. The van der Waals surface area contributed by atoms with Gasteiger partial charge in [-0.3, -0.25) is 0 Å². The Morgan fingerprint density at radius 2 is 1.73 bits per heavy atom. The van der Waals surface area contributed by atoms with Gasteiger partial charge in [0.05, 0.1) is 0 Å². The number of nitrogens with one attached hydrogen (secondary N) is 1. The molecular formula is C15H14Hg2N2O6S.